The van der Waals surface area contributed by atoms with E-state index in [1.165, 1.54) is 19.3 Å². The summed E-state index contributed by atoms with van der Waals surface area (Å²) in [5, 5.41) is 13.7. The van der Waals surface area contributed by atoms with Crippen LogP contribution in [-0.2, 0) is 4.74 Å². The molecular weight excluding hydrogens is 250 g/mol. The average molecular weight is 277 g/mol. The maximum atomic E-state index is 10.1. The minimum atomic E-state index is -0.507. The molecule has 112 valence electrons. The van der Waals surface area contributed by atoms with E-state index in [1.807, 2.05) is 30.3 Å². The summed E-state index contributed by atoms with van der Waals surface area (Å²) in [4.78, 5) is 0. The smallest absolute Gasteiger partial charge is 0.102 e. The fourth-order valence-corrected chi connectivity index (χ4v) is 2.78. The second-order valence-corrected chi connectivity index (χ2v) is 5.69. The minimum Gasteiger partial charge on any atom is -0.386 e. The van der Waals surface area contributed by atoms with Crippen molar-refractivity contribution in [2.45, 2.75) is 57.3 Å². The summed E-state index contributed by atoms with van der Waals surface area (Å²) >= 11 is 0. The first kappa shape index (κ1) is 15.5. The minimum absolute atomic E-state index is 0.313. The second-order valence-electron chi connectivity index (χ2n) is 5.69. The van der Waals surface area contributed by atoms with E-state index in [1.54, 1.807) is 0 Å². The summed E-state index contributed by atoms with van der Waals surface area (Å²) < 4.78 is 5.87. The van der Waals surface area contributed by atoms with Crippen LogP contribution in [0, 0.1) is 0 Å². The largest absolute Gasteiger partial charge is 0.386 e. The molecular formula is C17H27NO2. The summed E-state index contributed by atoms with van der Waals surface area (Å²) in [6, 6.07) is 10.4. The first-order valence-corrected chi connectivity index (χ1v) is 7.87. The summed E-state index contributed by atoms with van der Waals surface area (Å²) in [5.74, 6) is 0. The summed E-state index contributed by atoms with van der Waals surface area (Å²) in [5.41, 5.74) is 0.936. The Kier molecular flexibility index (Phi) is 6.51. The molecule has 3 nitrogen and oxygen atoms in total. The Morgan fingerprint density at radius 1 is 1.20 bits per heavy atom. The van der Waals surface area contributed by atoms with Gasteiger partial charge in [0.25, 0.3) is 0 Å². The van der Waals surface area contributed by atoms with Crippen molar-refractivity contribution in [2.24, 2.45) is 0 Å². The van der Waals surface area contributed by atoms with Crippen LogP contribution in [0.3, 0.4) is 0 Å². The van der Waals surface area contributed by atoms with Crippen molar-refractivity contribution < 1.29 is 9.84 Å². The Balaban J connectivity index is 1.66. The topological polar surface area (TPSA) is 41.5 Å². The lowest BCUT2D eigenvalue weighted by molar-refractivity contribution is -0.0277. The van der Waals surface area contributed by atoms with Crippen molar-refractivity contribution >= 4 is 0 Å². The number of hydrogen-bond acceptors (Lipinski definition) is 3. The molecule has 0 amide bonds. The maximum Gasteiger partial charge on any atom is 0.102 e. The van der Waals surface area contributed by atoms with Crippen molar-refractivity contribution in [1.29, 1.82) is 0 Å². The quantitative estimate of drug-likeness (QED) is 0.805. The van der Waals surface area contributed by atoms with Crippen LogP contribution in [-0.4, -0.2) is 30.4 Å². The van der Waals surface area contributed by atoms with E-state index in [0.29, 0.717) is 18.8 Å². The van der Waals surface area contributed by atoms with Crippen LogP contribution in [0.1, 0.15) is 50.7 Å². The van der Waals surface area contributed by atoms with Crippen LogP contribution < -0.4 is 5.32 Å². The van der Waals surface area contributed by atoms with E-state index in [9.17, 15) is 5.11 Å². The highest BCUT2D eigenvalue weighted by atomic mass is 16.5. The highest BCUT2D eigenvalue weighted by molar-refractivity contribution is 5.17. The molecule has 1 saturated carbocycles. The van der Waals surface area contributed by atoms with Crippen LogP contribution in [0.4, 0.5) is 0 Å². The zero-order chi connectivity index (χ0) is 14.2. The molecule has 2 rings (SSSR count). The monoisotopic (exact) mass is 277 g/mol. The van der Waals surface area contributed by atoms with E-state index in [2.05, 4.69) is 12.2 Å². The molecule has 1 aliphatic carbocycles. The van der Waals surface area contributed by atoms with Crippen molar-refractivity contribution in [3.8, 4) is 0 Å². The number of nitrogens with one attached hydrogen (secondary N) is 1. The molecule has 1 aliphatic rings. The van der Waals surface area contributed by atoms with E-state index in [-0.39, 0.29) is 0 Å². The molecule has 0 heterocycles. The van der Waals surface area contributed by atoms with Crippen molar-refractivity contribution in [3.05, 3.63) is 35.9 Å². The van der Waals surface area contributed by atoms with Crippen LogP contribution in [0.25, 0.3) is 0 Å². The first-order valence-electron chi connectivity index (χ1n) is 7.87. The van der Waals surface area contributed by atoms with Crippen LogP contribution in [0.15, 0.2) is 30.3 Å². The highest BCUT2D eigenvalue weighted by Crippen LogP contribution is 2.23. The van der Waals surface area contributed by atoms with Gasteiger partial charge in [-0.3, -0.25) is 0 Å². The van der Waals surface area contributed by atoms with Crippen LogP contribution in [0.5, 0.6) is 0 Å². The van der Waals surface area contributed by atoms with Gasteiger partial charge in [-0.15, -0.1) is 0 Å². The lowest BCUT2D eigenvalue weighted by atomic mass is 9.93. The van der Waals surface area contributed by atoms with Gasteiger partial charge in [0.05, 0.1) is 12.7 Å². The van der Waals surface area contributed by atoms with Gasteiger partial charge in [0.2, 0.25) is 0 Å². The van der Waals surface area contributed by atoms with Gasteiger partial charge in [-0.25, -0.2) is 0 Å². The van der Waals surface area contributed by atoms with Gasteiger partial charge < -0.3 is 15.2 Å². The molecule has 20 heavy (non-hydrogen) atoms. The third-order valence-corrected chi connectivity index (χ3v) is 4.03. The number of aliphatic hydroxyl groups is 1. The van der Waals surface area contributed by atoms with Gasteiger partial charge >= 0.3 is 0 Å². The van der Waals surface area contributed by atoms with E-state index < -0.39 is 6.10 Å². The SMILES string of the molecule is CCCNC1CCC(OCC(O)c2ccccc2)CC1. The van der Waals surface area contributed by atoms with E-state index >= 15 is 0 Å². The Bertz CT molecular complexity index is 361. The molecule has 0 spiro atoms. The molecule has 2 N–H and O–H groups in total. The Labute approximate surface area is 122 Å². The molecule has 0 aromatic heterocycles. The molecule has 0 saturated heterocycles. The Morgan fingerprint density at radius 3 is 2.55 bits per heavy atom. The molecule has 3 heteroatoms. The fourth-order valence-electron chi connectivity index (χ4n) is 2.78. The second kappa shape index (κ2) is 8.40. The molecule has 1 unspecified atom stereocenters. The molecule has 0 bridgehead atoms. The standard InChI is InChI=1S/C17H27NO2/c1-2-12-18-15-8-10-16(11-9-15)20-13-17(19)14-6-4-3-5-7-14/h3-7,15-19H,2,8-13H2,1H3. The molecule has 1 atom stereocenters. The van der Waals surface area contributed by atoms with Gasteiger partial charge in [-0.1, -0.05) is 37.3 Å². The van der Waals surface area contributed by atoms with Gasteiger partial charge in [0, 0.05) is 6.04 Å². The normalized spacial score (nSPS) is 24.5. The van der Waals surface area contributed by atoms with Crippen molar-refractivity contribution in [1.82, 2.24) is 5.32 Å². The lowest BCUT2D eigenvalue weighted by Crippen LogP contribution is -2.36. The fraction of sp³-hybridized carbons (Fsp3) is 0.647. The first-order chi connectivity index (χ1) is 9.79. The number of rotatable bonds is 7. The maximum absolute atomic E-state index is 10.1. The number of hydrogen-bond donors (Lipinski definition) is 2. The summed E-state index contributed by atoms with van der Waals surface area (Å²) in [7, 11) is 0. The Hall–Kier alpha value is -0.900. The zero-order valence-corrected chi connectivity index (χ0v) is 12.4. The molecule has 1 aromatic carbocycles. The zero-order valence-electron chi connectivity index (χ0n) is 12.4. The average Bonchev–Trinajstić information content (AvgIpc) is 2.52. The molecule has 1 fully saturated rings. The van der Waals surface area contributed by atoms with Crippen LogP contribution in [0.2, 0.25) is 0 Å². The third kappa shape index (κ3) is 4.89. The predicted octanol–water partition coefficient (Wildman–Crippen LogP) is 3.05. The number of ether oxygens (including phenoxy) is 1. The van der Waals surface area contributed by atoms with Crippen molar-refractivity contribution in [2.75, 3.05) is 13.2 Å². The van der Waals surface area contributed by atoms with Gasteiger partial charge in [-0.05, 0) is 44.2 Å². The van der Waals surface area contributed by atoms with Gasteiger partial charge in [-0.2, -0.15) is 0 Å². The third-order valence-electron chi connectivity index (χ3n) is 4.03. The molecule has 0 radical (unpaired) electrons. The van der Waals surface area contributed by atoms with Crippen molar-refractivity contribution in [3.63, 3.8) is 0 Å². The number of benzene rings is 1. The van der Waals surface area contributed by atoms with Crippen LogP contribution >= 0.6 is 0 Å². The number of aliphatic hydroxyl groups excluding tert-OH is 1. The predicted molar refractivity (Wildman–Crippen MR) is 81.7 cm³/mol. The van der Waals surface area contributed by atoms with Gasteiger partial charge in [0.15, 0.2) is 0 Å². The highest BCUT2D eigenvalue weighted by Gasteiger charge is 2.21. The molecule has 1 aromatic rings. The summed E-state index contributed by atoms with van der Waals surface area (Å²) in [6.07, 6.45) is 5.57. The van der Waals surface area contributed by atoms with E-state index in [0.717, 1.165) is 24.9 Å². The molecule has 0 aliphatic heterocycles. The lowest BCUT2D eigenvalue weighted by Gasteiger charge is -2.29. The van der Waals surface area contributed by atoms with Gasteiger partial charge in [0.1, 0.15) is 6.10 Å². The Morgan fingerprint density at radius 2 is 1.90 bits per heavy atom. The summed E-state index contributed by atoms with van der Waals surface area (Å²) in [6.45, 7) is 3.72. The van der Waals surface area contributed by atoms with E-state index in [4.69, 9.17) is 4.74 Å².